The fourth-order valence-corrected chi connectivity index (χ4v) is 5.90. The van der Waals surface area contributed by atoms with E-state index in [-0.39, 0.29) is 16.7 Å². The Kier molecular flexibility index (Phi) is 5.39. The summed E-state index contributed by atoms with van der Waals surface area (Å²) in [6.07, 6.45) is -2.36. The molecule has 1 amide bonds. The van der Waals surface area contributed by atoms with E-state index in [0.717, 1.165) is 0 Å². The molecular weight excluding hydrogens is 474 g/mol. The van der Waals surface area contributed by atoms with Gasteiger partial charge in [0.15, 0.2) is 11.4 Å². The molecule has 11 heteroatoms. The Bertz CT molecular complexity index is 1330. The van der Waals surface area contributed by atoms with Crippen molar-refractivity contribution in [2.75, 3.05) is 0 Å². The van der Waals surface area contributed by atoms with Crippen molar-refractivity contribution in [2.45, 2.75) is 57.2 Å². The molecule has 0 saturated carbocycles. The van der Waals surface area contributed by atoms with Gasteiger partial charge in [-0.2, -0.15) is 0 Å². The highest BCUT2D eigenvalue weighted by Crippen LogP contribution is 2.56. The third kappa shape index (κ3) is 3.05. The maximum atomic E-state index is 13.8. The average Bonchev–Trinajstić information content (AvgIpc) is 2.75. The summed E-state index contributed by atoms with van der Waals surface area (Å²) in [6.45, 7) is 6.56. The summed E-state index contributed by atoms with van der Waals surface area (Å²) in [5.74, 6) is -11.6. The van der Waals surface area contributed by atoms with E-state index < -0.39 is 98.7 Å². The first-order valence-electron chi connectivity index (χ1n) is 11.3. The molecule has 3 aliphatic carbocycles. The summed E-state index contributed by atoms with van der Waals surface area (Å²) >= 11 is 0. The van der Waals surface area contributed by atoms with Crippen LogP contribution in [0.3, 0.4) is 0 Å². The quantitative estimate of drug-likeness (QED) is 0.286. The van der Waals surface area contributed by atoms with Gasteiger partial charge in [-0.25, -0.2) is 4.79 Å². The molecule has 0 spiro atoms. The van der Waals surface area contributed by atoms with Gasteiger partial charge in [0.05, 0.1) is 17.2 Å². The number of aliphatic hydroxyl groups excluding tert-OH is 3. The number of aliphatic hydroxyl groups is 4. The van der Waals surface area contributed by atoms with Gasteiger partial charge in [0.25, 0.3) is 5.91 Å². The zero-order valence-corrected chi connectivity index (χ0v) is 20.0. The number of primary amides is 1. The van der Waals surface area contributed by atoms with E-state index in [4.69, 9.17) is 5.73 Å². The van der Waals surface area contributed by atoms with Crippen molar-refractivity contribution in [3.05, 3.63) is 51.0 Å². The highest BCUT2D eigenvalue weighted by atomic mass is 16.4. The Hall–Kier alpha value is -3.70. The van der Waals surface area contributed by atoms with Gasteiger partial charge in [0.1, 0.15) is 22.8 Å². The Morgan fingerprint density at radius 3 is 2.22 bits per heavy atom. The van der Waals surface area contributed by atoms with Crippen molar-refractivity contribution < 1.29 is 49.8 Å². The van der Waals surface area contributed by atoms with E-state index >= 15 is 0 Å². The van der Waals surface area contributed by atoms with Crippen LogP contribution in [0.15, 0.2) is 28.7 Å². The predicted molar refractivity (Wildman–Crippen MR) is 123 cm³/mol. The monoisotopic (exact) mass is 501 g/mol. The lowest BCUT2D eigenvalue weighted by atomic mass is 9.56. The number of carboxylic acid groups (broad SMARTS) is 1. The van der Waals surface area contributed by atoms with Crippen LogP contribution in [0.5, 0.6) is 5.75 Å². The van der Waals surface area contributed by atoms with Gasteiger partial charge < -0.3 is 36.4 Å². The Labute approximate surface area is 205 Å². The molecule has 3 aliphatic rings. The van der Waals surface area contributed by atoms with Crippen LogP contribution < -0.4 is 5.73 Å². The lowest BCUT2D eigenvalue weighted by Crippen LogP contribution is -2.62. The lowest BCUT2D eigenvalue weighted by molar-refractivity contribution is -0.154. The van der Waals surface area contributed by atoms with Gasteiger partial charge in [-0.3, -0.25) is 14.4 Å². The van der Waals surface area contributed by atoms with Crippen LogP contribution in [0.4, 0.5) is 0 Å². The fraction of sp³-hybridized carbons (Fsp3) is 0.440. The lowest BCUT2D eigenvalue weighted by Gasteiger charge is -2.50. The van der Waals surface area contributed by atoms with Crippen LogP contribution in [0, 0.1) is 11.8 Å². The number of fused-ring (bicyclic) bond motifs is 3. The molecule has 0 unspecified atom stereocenters. The van der Waals surface area contributed by atoms with E-state index in [9.17, 15) is 49.8 Å². The van der Waals surface area contributed by atoms with Crippen LogP contribution in [-0.4, -0.2) is 65.8 Å². The maximum absolute atomic E-state index is 13.8. The number of nitrogens with two attached hydrogens (primary N) is 1. The molecule has 0 aliphatic heterocycles. The summed E-state index contributed by atoms with van der Waals surface area (Å²) < 4.78 is 0. The Morgan fingerprint density at radius 1 is 1.14 bits per heavy atom. The number of ketones is 2. The number of Topliss-reactive ketones (excluding diaryl/α,β-unsaturated/α-hetero) is 2. The number of phenols is 1. The maximum Gasteiger partial charge on any atom is 0.336 e. The van der Waals surface area contributed by atoms with Gasteiger partial charge in [0, 0.05) is 29.4 Å². The highest BCUT2D eigenvalue weighted by Gasteiger charge is 2.64. The molecule has 0 bridgehead atoms. The van der Waals surface area contributed by atoms with Gasteiger partial charge in [-0.1, -0.05) is 27.7 Å². The first-order chi connectivity index (χ1) is 16.5. The second-order valence-electron chi connectivity index (χ2n) is 10.7. The summed E-state index contributed by atoms with van der Waals surface area (Å²) in [6, 6.07) is 1.26. The normalized spacial score (nSPS) is 30.1. The first-order valence-corrected chi connectivity index (χ1v) is 11.3. The molecule has 0 radical (unpaired) electrons. The molecule has 0 aromatic heterocycles. The van der Waals surface area contributed by atoms with Gasteiger partial charge in [-0.05, 0) is 23.0 Å². The molecule has 5 atom stereocenters. The number of carboxylic acids is 1. The van der Waals surface area contributed by atoms with Crippen molar-refractivity contribution in [3.63, 3.8) is 0 Å². The van der Waals surface area contributed by atoms with Crippen LogP contribution in [-0.2, 0) is 15.0 Å². The van der Waals surface area contributed by atoms with Gasteiger partial charge in [0.2, 0.25) is 5.78 Å². The van der Waals surface area contributed by atoms with Crippen LogP contribution in [0.1, 0.15) is 71.9 Å². The number of hydrogen-bond donors (Lipinski definition) is 7. The molecule has 8 N–H and O–H groups in total. The molecule has 11 nitrogen and oxygen atoms in total. The van der Waals surface area contributed by atoms with Gasteiger partial charge >= 0.3 is 5.97 Å². The SMILES string of the molecule is C[C@H]1c2c(C(=O)O)cc(C(C)(C)C)c(O)c2C(=O)C2=C(O)[C@]3(O)C(=O)C(C(N)=O)=C(O)C[C@@H]3[C@@H](O)[C@@H]21. The standard InChI is InChI=1S/C25H27NO10/c1-7-12-8(23(34)35)5-9(24(2,3)4)17(28)15(12)19(30)16-13(7)18(29)10-6-11(27)14(22(26)33)20(31)25(10,36)21(16)32/h5,7,10,13,18,27-29,32,36H,6H2,1-4H3,(H2,26,33)(H,34,35)/t7-,10+,13+,18+,25+/m0/s1. The minimum atomic E-state index is -2.96. The van der Waals surface area contributed by atoms with Crippen molar-refractivity contribution >= 4 is 23.4 Å². The number of carbonyl (C=O) groups is 4. The average molecular weight is 501 g/mol. The molecule has 1 aromatic rings. The summed E-state index contributed by atoms with van der Waals surface area (Å²) in [5.41, 5.74) is -0.757. The van der Waals surface area contributed by atoms with E-state index in [1.165, 1.54) is 13.0 Å². The fourth-order valence-electron chi connectivity index (χ4n) is 5.90. The molecule has 1 aromatic carbocycles. The number of allylic oxidation sites excluding steroid dienone is 1. The molecule has 0 fully saturated rings. The number of hydrogen-bond acceptors (Lipinski definition) is 9. The Balaban J connectivity index is 2.08. The zero-order chi connectivity index (χ0) is 27.2. The summed E-state index contributed by atoms with van der Waals surface area (Å²) in [4.78, 5) is 50.8. The van der Waals surface area contributed by atoms with E-state index in [0.29, 0.717) is 0 Å². The number of carbonyl (C=O) groups excluding carboxylic acids is 3. The second-order valence-corrected chi connectivity index (χ2v) is 10.7. The number of aromatic carboxylic acids is 1. The van der Waals surface area contributed by atoms with Crippen LogP contribution >= 0.6 is 0 Å². The Morgan fingerprint density at radius 2 is 1.72 bits per heavy atom. The third-order valence-corrected chi connectivity index (χ3v) is 7.63. The third-order valence-electron chi connectivity index (χ3n) is 7.63. The van der Waals surface area contributed by atoms with E-state index in [1.807, 2.05) is 0 Å². The van der Waals surface area contributed by atoms with Crippen molar-refractivity contribution in [1.82, 2.24) is 0 Å². The zero-order valence-electron chi connectivity index (χ0n) is 20.0. The molecule has 0 heterocycles. The van der Waals surface area contributed by atoms with E-state index in [2.05, 4.69) is 0 Å². The van der Waals surface area contributed by atoms with Gasteiger partial charge in [-0.15, -0.1) is 0 Å². The topological polar surface area (TPSA) is 216 Å². The largest absolute Gasteiger partial charge is 0.511 e. The molecular formula is C25H27NO10. The molecule has 4 rings (SSSR count). The summed E-state index contributed by atoms with van der Waals surface area (Å²) in [5, 5.41) is 65.1. The number of amides is 1. The first kappa shape index (κ1) is 25.4. The van der Waals surface area contributed by atoms with Crippen molar-refractivity contribution in [3.8, 4) is 5.75 Å². The molecule has 36 heavy (non-hydrogen) atoms. The van der Waals surface area contributed by atoms with Crippen molar-refractivity contribution in [2.24, 2.45) is 17.6 Å². The predicted octanol–water partition coefficient (Wildman–Crippen LogP) is 1.11. The molecule has 0 saturated heterocycles. The minimum Gasteiger partial charge on any atom is -0.511 e. The number of rotatable bonds is 2. The minimum absolute atomic E-state index is 0.0660. The van der Waals surface area contributed by atoms with Crippen LogP contribution in [0.25, 0.3) is 0 Å². The number of benzene rings is 1. The number of aromatic hydroxyl groups is 1. The smallest absolute Gasteiger partial charge is 0.336 e. The number of phenolic OH excluding ortho intramolecular Hbond substituents is 1. The molecule has 192 valence electrons. The van der Waals surface area contributed by atoms with Crippen LogP contribution in [0.2, 0.25) is 0 Å². The highest BCUT2D eigenvalue weighted by molar-refractivity contribution is 6.24. The summed E-state index contributed by atoms with van der Waals surface area (Å²) in [7, 11) is 0. The van der Waals surface area contributed by atoms with E-state index in [1.54, 1.807) is 20.8 Å². The second kappa shape index (κ2) is 7.65. The van der Waals surface area contributed by atoms with Crippen molar-refractivity contribution in [1.29, 1.82) is 0 Å².